The van der Waals surface area contributed by atoms with Crippen LogP contribution in [0.5, 0.6) is 0 Å². The number of benzene rings is 1. The standard InChI is InChI=1S/C21H19F5N4O2.C7H7F/c22-18(23)19-28-17(11-32-19)15-9-13(12-5-2-1-3-6-12)20(31)30(29-15)10-16-14(21(24,25)26)7-4-8-27-16;1-6-3-2-4-7(8)5-6/h4,7-9,11-12,18H,1-3,5-6,10H2;2-5H,1H3. The summed E-state index contributed by atoms with van der Waals surface area (Å²) in [4.78, 5) is 20.7. The first-order valence-electron chi connectivity index (χ1n) is 12.6. The van der Waals surface area contributed by atoms with Crippen LogP contribution in [0.25, 0.3) is 11.4 Å². The van der Waals surface area contributed by atoms with E-state index in [-0.39, 0.29) is 28.8 Å². The molecule has 0 unspecified atom stereocenters. The third-order valence-electron chi connectivity index (χ3n) is 6.49. The van der Waals surface area contributed by atoms with Gasteiger partial charge in [-0.3, -0.25) is 9.78 Å². The molecular weight excluding hydrogens is 538 g/mol. The molecule has 0 amide bonds. The molecule has 6 nitrogen and oxygen atoms in total. The number of halogens is 6. The van der Waals surface area contributed by atoms with E-state index in [9.17, 15) is 31.1 Å². The van der Waals surface area contributed by atoms with Gasteiger partial charge in [0.2, 0.25) is 0 Å². The molecule has 12 heteroatoms. The number of oxazole rings is 1. The van der Waals surface area contributed by atoms with E-state index >= 15 is 0 Å². The molecule has 0 bridgehead atoms. The highest BCUT2D eigenvalue weighted by Crippen LogP contribution is 2.33. The SMILES string of the molecule is Cc1cccc(F)c1.O=c1c(C2CCCCC2)cc(-c2coc(C(F)F)n2)nn1Cc1ncccc1C(F)(F)F. The molecule has 1 saturated carbocycles. The number of alkyl halides is 5. The van der Waals surface area contributed by atoms with Crippen molar-refractivity contribution in [2.45, 2.75) is 64.1 Å². The Hall–Kier alpha value is -3.96. The summed E-state index contributed by atoms with van der Waals surface area (Å²) in [5, 5.41) is 4.12. The minimum Gasteiger partial charge on any atom is -0.443 e. The van der Waals surface area contributed by atoms with E-state index in [2.05, 4.69) is 15.1 Å². The number of hydrogen-bond donors (Lipinski definition) is 0. The smallest absolute Gasteiger partial charge is 0.418 e. The van der Waals surface area contributed by atoms with Crippen molar-refractivity contribution in [2.24, 2.45) is 0 Å². The van der Waals surface area contributed by atoms with Gasteiger partial charge in [0.25, 0.3) is 11.4 Å². The minimum atomic E-state index is -4.66. The molecule has 0 spiro atoms. The molecule has 0 aliphatic heterocycles. The Morgan fingerprint density at radius 3 is 2.40 bits per heavy atom. The number of aromatic nitrogens is 4. The van der Waals surface area contributed by atoms with Crippen LogP contribution in [0, 0.1) is 12.7 Å². The fourth-order valence-electron chi connectivity index (χ4n) is 4.58. The van der Waals surface area contributed by atoms with Gasteiger partial charge < -0.3 is 4.42 Å². The summed E-state index contributed by atoms with van der Waals surface area (Å²) in [6.07, 6.45) is -1.04. The van der Waals surface area contributed by atoms with E-state index in [0.717, 1.165) is 60.7 Å². The van der Waals surface area contributed by atoms with Crippen molar-refractivity contribution in [1.82, 2.24) is 19.7 Å². The number of nitrogens with zero attached hydrogens (tertiary/aromatic N) is 4. The number of pyridine rings is 1. The van der Waals surface area contributed by atoms with Gasteiger partial charge in [-0.25, -0.2) is 14.1 Å². The lowest BCUT2D eigenvalue weighted by Gasteiger charge is -2.22. The lowest BCUT2D eigenvalue weighted by atomic mass is 9.84. The third kappa shape index (κ3) is 7.16. The summed E-state index contributed by atoms with van der Waals surface area (Å²) in [6, 6.07) is 10.0. The van der Waals surface area contributed by atoms with Gasteiger partial charge in [-0.2, -0.15) is 27.1 Å². The van der Waals surface area contributed by atoms with E-state index in [1.807, 2.05) is 13.0 Å². The van der Waals surface area contributed by atoms with E-state index in [1.54, 1.807) is 6.07 Å². The molecule has 3 aromatic heterocycles. The Bertz CT molecular complexity index is 1480. The highest BCUT2D eigenvalue weighted by Gasteiger charge is 2.34. The number of aryl methyl sites for hydroxylation is 1. The second-order valence-electron chi connectivity index (χ2n) is 9.45. The Balaban J connectivity index is 0.000000398. The predicted molar refractivity (Wildman–Crippen MR) is 134 cm³/mol. The summed E-state index contributed by atoms with van der Waals surface area (Å²) < 4.78 is 83.9. The molecule has 0 radical (unpaired) electrons. The van der Waals surface area contributed by atoms with Crippen LogP contribution >= 0.6 is 0 Å². The van der Waals surface area contributed by atoms with Gasteiger partial charge in [-0.05, 0) is 61.6 Å². The maximum absolute atomic E-state index is 13.4. The van der Waals surface area contributed by atoms with Crippen LogP contribution in [0.1, 0.15) is 72.7 Å². The van der Waals surface area contributed by atoms with Gasteiger partial charge in [0.15, 0.2) is 0 Å². The molecule has 0 N–H and O–H groups in total. The molecule has 1 fully saturated rings. The van der Waals surface area contributed by atoms with Crippen molar-refractivity contribution in [2.75, 3.05) is 0 Å². The molecule has 1 aliphatic rings. The maximum Gasteiger partial charge on any atom is 0.418 e. The molecule has 3 heterocycles. The molecule has 5 rings (SSSR count). The zero-order chi connectivity index (χ0) is 28.9. The maximum atomic E-state index is 13.4. The van der Waals surface area contributed by atoms with Crippen LogP contribution in [0.15, 0.2) is 64.1 Å². The van der Waals surface area contributed by atoms with Gasteiger partial charge in [-0.1, -0.05) is 31.4 Å². The first-order chi connectivity index (χ1) is 19.0. The molecule has 1 aliphatic carbocycles. The van der Waals surface area contributed by atoms with Crippen LogP contribution in [0.2, 0.25) is 0 Å². The molecule has 40 heavy (non-hydrogen) atoms. The Morgan fingerprint density at radius 1 is 1.05 bits per heavy atom. The lowest BCUT2D eigenvalue weighted by molar-refractivity contribution is -0.138. The zero-order valence-electron chi connectivity index (χ0n) is 21.5. The Labute approximate surface area is 225 Å². The summed E-state index contributed by atoms with van der Waals surface area (Å²) in [7, 11) is 0. The van der Waals surface area contributed by atoms with Crippen molar-refractivity contribution < 1.29 is 30.8 Å². The highest BCUT2D eigenvalue weighted by molar-refractivity contribution is 5.53. The van der Waals surface area contributed by atoms with Crippen LogP contribution in [-0.2, 0) is 12.7 Å². The Morgan fingerprint density at radius 2 is 1.80 bits per heavy atom. The fourth-order valence-corrected chi connectivity index (χ4v) is 4.58. The number of hydrogen-bond acceptors (Lipinski definition) is 5. The number of rotatable bonds is 5. The van der Waals surface area contributed by atoms with Crippen molar-refractivity contribution in [1.29, 1.82) is 0 Å². The second kappa shape index (κ2) is 12.5. The predicted octanol–water partition coefficient (Wildman–Crippen LogP) is 7.48. The van der Waals surface area contributed by atoms with Crippen molar-refractivity contribution >= 4 is 0 Å². The van der Waals surface area contributed by atoms with Gasteiger partial charge >= 0.3 is 12.6 Å². The summed E-state index contributed by atoms with van der Waals surface area (Å²) in [6.45, 7) is 1.34. The van der Waals surface area contributed by atoms with Crippen molar-refractivity contribution in [3.8, 4) is 11.4 Å². The normalized spacial score (nSPS) is 14.2. The van der Waals surface area contributed by atoms with E-state index in [4.69, 9.17) is 4.42 Å². The molecule has 4 aromatic rings. The van der Waals surface area contributed by atoms with E-state index < -0.39 is 36.2 Å². The van der Waals surface area contributed by atoms with Crippen LogP contribution in [0.3, 0.4) is 0 Å². The molecule has 212 valence electrons. The molecular formula is C28H26F6N4O2. The molecule has 0 saturated heterocycles. The lowest BCUT2D eigenvalue weighted by Crippen LogP contribution is -2.30. The fraction of sp³-hybridized carbons (Fsp3) is 0.357. The highest BCUT2D eigenvalue weighted by atomic mass is 19.4. The van der Waals surface area contributed by atoms with Crippen molar-refractivity contribution in [3.63, 3.8) is 0 Å². The van der Waals surface area contributed by atoms with Gasteiger partial charge in [0, 0.05) is 11.8 Å². The monoisotopic (exact) mass is 564 g/mol. The van der Waals surface area contributed by atoms with Crippen LogP contribution in [0.4, 0.5) is 26.3 Å². The first kappa shape index (κ1) is 29.0. The largest absolute Gasteiger partial charge is 0.443 e. The van der Waals surface area contributed by atoms with Crippen LogP contribution in [-0.4, -0.2) is 19.7 Å². The molecule has 1 aromatic carbocycles. The van der Waals surface area contributed by atoms with Gasteiger partial charge in [0.05, 0.1) is 17.8 Å². The zero-order valence-corrected chi connectivity index (χ0v) is 21.5. The quantitative estimate of drug-likeness (QED) is 0.235. The Kier molecular flexibility index (Phi) is 9.06. The molecule has 0 atom stereocenters. The minimum absolute atomic E-state index is 0.0248. The van der Waals surface area contributed by atoms with Gasteiger partial charge in [0.1, 0.15) is 23.5 Å². The first-order valence-corrected chi connectivity index (χ1v) is 12.6. The third-order valence-corrected chi connectivity index (χ3v) is 6.49. The second-order valence-corrected chi connectivity index (χ2v) is 9.45. The summed E-state index contributed by atoms with van der Waals surface area (Å²) in [5.74, 6) is -1.07. The van der Waals surface area contributed by atoms with E-state index in [0.29, 0.717) is 5.56 Å². The van der Waals surface area contributed by atoms with Crippen LogP contribution < -0.4 is 5.56 Å². The van der Waals surface area contributed by atoms with E-state index in [1.165, 1.54) is 24.4 Å². The average Bonchev–Trinajstić information content (AvgIpc) is 3.41. The van der Waals surface area contributed by atoms with Gasteiger partial charge in [-0.15, -0.1) is 0 Å². The summed E-state index contributed by atoms with van der Waals surface area (Å²) in [5.41, 5.74) is -0.481. The summed E-state index contributed by atoms with van der Waals surface area (Å²) >= 11 is 0. The average molecular weight is 565 g/mol. The topological polar surface area (TPSA) is 73.8 Å². The van der Waals surface area contributed by atoms with Crippen molar-refractivity contribution in [3.05, 3.63) is 99.4 Å².